The molecule has 1 amide bonds. The van der Waals surface area contributed by atoms with Crippen LogP contribution in [-0.4, -0.2) is 41.5 Å². The van der Waals surface area contributed by atoms with Gasteiger partial charge in [-0.2, -0.15) is 5.10 Å². The molecule has 0 bridgehead atoms. The van der Waals surface area contributed by atoms with Gasteiger partial charge >= 0.3 is 5.97 Å². The third kappa shape index (κ3) is 4.16. The molecule has 2 heterocycles. The Kier molecular flexibility index (Phi) is 5.55. The van der Waals surface area contributed by atoms with E-state index in [0.29, 0.717) is 36.1 Å². The highest BCUT2D eigenvalue weighted by Crippen LogP contribution is 2.38. The highest BCUT2D eigenvalue weighted by molar-refractivity contribution is 6.32. The summed E-state index contributed by atoms with van der Waals surface area (Å²) >= 11 is 6.17. The van der Waals surface area contributed by atoms with E-state index in [2.05, 4.69) is 10.4 Å². The van der Waals surface area contributed by atoms with Crippen LogP contribution in [0.2, 0.25) is 5.02 Å². The van der Waals surface area contributed by atoms with Gasteiger partial charge in [0.05, 0.1) is 40.9 Å². The molecule has 3 rings (SSSR count). The maximum absolute atomic E-state index is 12.3. The molecular formula is C18H20ClN3O5. The van der Waals surface area contributed by atoms with Gasteiger partial charge in [-0.05, 0) is 26.0 Å². The maximum atomic E-state index is 12.3. The minimum Gasteiger partial charge on any atom is -0.489 e. The summed E-state index contributed by atoms with van der Waals surface area (Å²) in [5, 5.41) is 7.18. The summed E-state index contributed by atoms with van der Waals surface area (Å²) in [5.41, 5.74) is 2.29. The number of nitrogens with one attached hydrogen (secondary N) is 1. The number of nitrogens with zero attached hydrogens (tertiary/aromatic N) is 2. The molecule has 1 aliphatic rings. The van der Waals surface area contributed by atoms with Crippen molar-refractivity contribution >= 4 is 29.2 Å². The Balaban J connectivity index is 1.64. The van der Waals surface area contributed by atoms with Gasteiger partial charge in [-0.25, -0.2) is 4.79 Å². The molecule has 1 N–H and O–H groups in total. The molecule has 0 spiro atoms. The van der Waals surface area contributed by atoms with Gasteiger partial charge in [-0.15, -0.1) is 0 Å². The summed E-state index contributed by atoms with van der Waals surface area (Å²) in [6.45, 7) is 4.15. The van der Waals surface area contributed by atoms with Gasteiger partial charge in [0.2, 0.25) is 0 Å². The average Bonchev–Trinajstić information content (AvgIpc) is 2.83. The zero-order valence-electron chi connectivity index (χ0n) is 15.3. The van der Waals surface area contributed by atoms with E-state index in [1.54, 1.807) is 18.7 Å². The van der Waals surface area contributed by atoms with Crippen molar-refractivity contribution < 1.29 is 23.8 Å². The lowest BCUT2D eigenvalue weighted by atomic mass is 10.2. The zero-order valence-corrected chi connectivity index (χ0v) is 16.1. The Bertz CT molecular complexity index is 894. The second kappa shape index (κ2) is 7.87. The van der Waals surface area contributed by atoms with Gasteiger partial charge in [0.25, 0.3) is 5.91 Å². The van der Waals surface area contributed by atoms with E-state index in [4.69, 9.17) is 25.8 Å². The van der Waals surface area contributed by atoms with Crippen LogP contribution in [-0.2, 0) is 16.6 Å². The number of hydrogen-bond acceptors (Lipinski definition) is 6. The van der Waals surface area contributed by atoms with E-state index in [1.165, 1.54) is 12.1 Å². The Labute approximate surface area is 161 Å². The summed E-state index contributed by atoms with van der Waals surface area (Å²) in [6, 6.07) is 2.94. The molecule has 0 saturated heterocycles. The molecule has 144 valence electrons. The lowest BCUT2D eigenvalue weighted by Crippen LogP contribution is -2.21. The van der Waals surface area contributed by atoms with E-state index in [9.17, 15) is 9.59 Å². The number of amides is 1. The summed E-state index contributed by atoms with van der Waals surface area (Å²) < 4.78 is 17.8. The number of aromatic nitrogens is 2. The summed E-state index contributed by atoms with van der Waals surface area (Å²) in [7, 11) is 1.78. The van der Waals surface area contributed by atoms with Crippen molar-refractivity contribution in [2.75, 3.05) is 25.1 Å². The number of rotatable bonds is 4. The fourth-order valence-electron chi connectivity index (χ4n) is 2.69. The fourth-order valence-corrected chi connectivity index (χ4v) is 2.96. The van der Waals surface area contributed by atoms with Crippen LogP contribution in [0, 0.1) is 13.8 Å². The smallest absolute Gasteiger partial charge is 0.338 e. The molecule has 2 aromatic rings. The third-order valence-corrected chi connectivity index (χ3v) is 4.43. The number of aryl methyl sites for hydroxylation is 2. The van der Waals surface area contributed by atoms with Crippen LogP contribution >= 0.6 is 11.6 Å². The SMILES string of the molecule is Cc1nn(C)c(C)c1NC(=O)COC(=O)c1cc(Cl)c2c(c1)OCCCO2. The molecule has 27 heavy (non-hydrogen) atoms. The minimum absolute atomic E-state index is 0.186. The Hall–Kier alpha value is -2.74. The second-order valence-electron chi connectivity index (χ2n) is 6.13. The molecule has 1 aromatic heterocycles. The standard InChI is InChI=1S/C18H20ClN3O5/c1-10-16(11(2)22(3)21-10)20-15(23)9-27-18(24)12-7-13(19)17-14(8-12)25-5-4-6-26-17/h7-8H,4-6,9H2,1-3H3,(H,20,23). The van der Waals surface area contributed by atoms with E-state index in [1.807, 2.05) is 6.92 Å². The van der Waals surface area contributed by atoms with Gasteiger partial charge in [-0.3, -0.25) is 9.48 Å². The first kappa shape index (κ1) is 19.0. The Morgan fingerprint density at radius 2 is 2.04 bits per heavy atom. The zero-order chi connectivity index (χ0) is 19.6. The number of hydrogen-bond donors (Lipinski definition) is 1. The number of carbonyl (C=O) groups is 2. The lowest BCUT2D eigenvalue weighted by Gasteiger charge is -2.11. The van der Waals surface area contributed by atoms with Crippen molar-refractivity contribution in [2.45, 2.75) is 20.3 Å². The van der Waals surface area contributed by atoms with Crippen molar-refractivity contribution in [3.05, 3.63) is 34.1 Å². The third-order valence-electron chi connectivity index (χ3n) is 4.15. The molecule has 9 heteroatoms. The minimum atomic E-state index is -0.678. The first-order chi connectivity index (χ1) is 12.9. The molecule has 0 radical (unpaired) electrons. The number of benzene rings is 1. The lowest BCUT2D eigenvalue weighted by molar-refractivity contribution is -0.119. The summed E-state index contributed by atoms with van der Waals surface area (Å²) in [5.74, 6) is -0.339. The normalized spacial score (nSPS) is 13.0. The van der Waals surface area contributed by atoms with Crippen molar-refractivity contribution in [3.8, 4) is 11.5 Å². The summed E-state index contributed by atoms with van der Waals surface area (Å²) in [4.78, 5) is 24.4. The molecule has 0 unspecified atom stereocenters. The number of fused-ring (bicyclic) bond motifs is 1. The van der Waals surface area contributed by atoms with Crippen LogP contribution in [0.3, 0.4) is 0 Å². The molecule has 1 aromatic carbocycles. The predicted molar refractivity (Wildman–Crippen MR) is 98.7 cm³/mol. The molecule has 1 aliphatic heterocycles. The van der Waals surface area contributed by atoms with Crippen LogP contribution in [0.25, 0.3) is 0 Å². The predicted octanol–water partition coefficient (Wildman–Crippen LogP) is 2.65. The Morgan fingerprint density at radius 3 is 2.74 bits per heavy atom. The molecule has 8 nitrogen and oxygen atoms in total. The van der Waals surface area contributed by atoms with E-state index in [-0.39, 0.29) is 10.6 Å². The van der Waals surface area contributed by atoms with Crippen molar-refractivity contribution in [1.29, 1.82) is 0 Å². The Morgan fingerprint density at radius 1 is 1.30 bits per heavy atom. The van der Waals surface area contributed by atoms with Gasteiger partial charge < -0.3 is 19.5 Å². The molecule has 0 aliphatic carbocycles. The first-order valence-corrected chi connectivity index (χ1v) is 8.81. The molecule has 0 fully saturated rings. The van der Waals surface area contributed by atoms with Gasteiger partial charge in [-0.1, -0.05) is 11.6 Å². The first-order valence-electron chi connectivity index (χ1n) is 8.43. The largest absolute Gasteiger partial charge is 0.489 e. The second-order valence-corrected chi connectivity index (χ2v) is 6.54. The number of anilines is 1. The van der Waals surface area contributed by atoms with E-state index in [0.717, 1.165) is 12.1 Å². The topological polar surface area (TPSA) is 91.7 Å². The van der Waals surface area contributed by atoms with Crippen molar-refractivity contribution in [1.82, 2.24) is 9.78 Å². The fraction of sp³-hybridized carbons (Fsp3) is 0.389. The monoisotopic (exact) mass is 393 g/mol. The molecule has 0 saturated carbocycles. The number of ether oxygens (including phenoxy) is 3. The van der Waals surface area contributed by atoms with Crippen LogP contribution < -0.4 is 14.8 Å². The molecular weight excluding hydrogens is 374 g/mol. The van der Waals surface area contributed by atoms with Gasteiger partial charge in [0.15, 0.2) is 18.1 Å². The van der Waals surface area contributed by atoms with Crippen LogP contribution in [0.4, 0.5) is 5.69 Å². The number of carbonyl (C=O) groups excluding carboxylic acids is 2. The highest BCUT2D eigenvalue weighted by Gasteiger charge is 2.20. The highest BCUT2D eigenvalue weighted by atomic mass is 35.5. The maximum Gasteiger partial charge on any atom is 0.338 e. The van der Waals surface area contributed by atoms with Crippen LogP contribution in [0.1, 0.15) is 28.2 Å². The van der Waals surface area contributed by atoms with Gasteiger partial charge in [0, 0.05) is 13.5 Å². The van der Waals surface area contributed by atoms with E-state index >= 15 is 0 Å². The quantitative estimate of drug-likeness (QED) is 0.803. The van der Waals surface area contributed by atoms with Gasteiger partial charge in [0.1, 0.15) is 0 Å². The molecule has 0 atom stereocenters. The van der Waals surface area contributed by atoms with Crippen LogP contribution in [0.5, 0.6) is 11.5 Å². The van der Waals surface area contributed by atoms with Crippen LogP contribution in [0.15, 0.2) is 12.1 Å². The van der Waals surface area contributed by atoms with Crippen molar-refractivity contribution in [2.24, 2.45) is 7.05 Å². The average molecular weight is 394 g/mol. The van der Waals surface area contributed by atoms with Crippen molar-refractivity contribution in [3.63, 3.8) is 0 Å². The number of halogens is 1. The number of esters is 1. The van der Waals surface area contributed by atoms with E-state index < -0.39 is 18.5 Å². The summed E-state index contributed by atoms with van der Waals surface area (Å²) in [6.07, 6.45) is 0.720.